The molecule has 4 nitrogen and oxygen atoms in total. The van der Waals surface area contributed by atoms with Gasteiger partial charge in [-0.1, -0.05) is 0 Å². The number of aryl methyl sites for hydroxylation is 1. The first-order valence-corrected chi connectivity index (χ1v) is 6.06. The predicted octanol–water partition coefficient (Wildman–Crippen LogP) is 2.87. The second kappa shape index (κ2) is 5.57. The number of anilines is 1. The van der Waals surface area contributed by atoms with Gasteiger partial charge >= 0.3 is 0 Å². The number of nitrogen functional groups attached to an aromatic ring is 1. The van der Waals surface area contributed by atoms with Crippen molar-refractivity contribution in [1.29, 1.82) is 5.26 Å². The number of nitrogens with two attached hydrogens (primary N) is 1. The first-order valence-electron chi connectivity index (χ1n) is 6.06. The van der Waals surface area contributed by atoms with Crippen LogP contribution in [0.4, 0.5) is 10.1 Å². The molecule has 0 spiro atoms. The van der Waals surface area contributed by atoms with E-state index in [0.717, 1.165) is 17.2 Å². The molecular formula is C15H14FN3O. The lowest BCUT2D eigenvalue weighted by molar-refractivity contribution is 0.285. The van der Waals surface area contributed by atoms with Gasteiger partial charge in [0.2, 0.25) is 0 Å². The fraction of sp³-hybridized carbons (Fsp3) is 0.200. The Morgan fingerprint density at radius 2 is 2.15 bits per heavy atom. The molecule has 5 heteroatoms. The van der Waals surface area contributed by atoms with E-state index in [0.29, 0.717) is 11.4 Å². The fourth-order valence-corrected chi connectivity index (χ4v) is 1.77. The van der Waals surface area contributed by atoms with Crippen LogP contribution in [0.2, 0.25) is 0 Å². The van der Waals surface area contributed by atoms with Crippen LogP contribution in [0.5, 0.6) is 5.75 Å². The summed E-state index contributed by atoms with van der Waals surface area (Å²) in [6.45, 7) is 3.85. The zero-order valence-electron chi connectivity index (χ0n) is 11.3. The van der Waals surface area contributed by atoms with Crippen molar-refractivity contribution in [1.82, 2.24) is 4.98 Å². The van der Waals surface area contributed by atoms with Crippen LogP contribution in [0.15, 0.2) is 24.4 Å². The number of rotatable bonds is 3. The molecule has 1 aromatic carbocycles. The molecule has 1 aromatic heterocycles. The van der Waals surface area contributed by atoms with Crippen LogP contribution in [0.3, 0.4) is 0 Å². The summed E-state index contributed by atoms with van der Waals surface area (Å²) in [6, 6.07) is 5.94. The van der Waals surface area contributed by atoms with Crippen LogP contribution in [0.25, 0.3) is 0 Å². The number of halogens is 1. The topological polar surface area (TPSA) is 71.9 Å². The minimum Gasteiger partial charge on any atom is -0.484 e. The van der Waals surface area contributed by atoms with Crippen LogP contribution in [0.1, 0.15) is 22.4 Å². The van der Waals surface area contributed by atoms with Gasteiger partial charge in [-0.2, -0.15) is 5.26 Å². The minimum atomic E-state index is -0.568. The minimum absolute atomic E-state index is 0.0874. The van der Waals surface area contributed by atoms with Crippen molar-refractivity contribution in [2.75, 3.05) is 5.73 Å². The molecule has 0 aliphatic carbocycles. The Balaban J connectivity index is 2.18. The molecule has 2 aromatic rings. The lowest BCUT2D eigenvalue weighted by atomic mass is 10.1. The van der Waals surface area contributed by atoms with Crippen molar-refractivity contribution in [3.8, 4) is 11.8 Å². The Hall–Kier alpha value is -2.61. The van der Waals surface area contributed by atoms with Gasteiger partial charge in [0.25, 0.3) is 0 Å². The molecule has 0 saturated carbocycles. The van der Waals surface area contributed by atoms with E-state index < -0.39 is 5.82 Å². The summed E-state index contributed by atoms with van der Waals surface area (Å²) in [5.41, 5.74) is 9.23. The third kappa shape index (κ3) is 2.69. The molecule has 1 heterocycles. The SMILES string of the molecule is Cc1cnc(COc2ccc(C#N)cc2F)c(C)c1N. The predicted molar refractivity (Wildman–Crippen MR) is 73.6 cm³/mol. The van der Waals surface area contributed by atoms with Gasteiger partial charge in [-0.05, 0) is 43.2 Å². The van der Waals surface area contributed by atoms with Crippen molar-refractivity contribution < 1.29 is 9.13 Å². The highest BCUT2D eigenvalue weighted by molar-refractivity contribution is 5.53. The van der Waals surface area contributed by atoms with Crippen LogP contribution >= 0.6 is 0 Å². The van der Waals surface area contributed by atoms with E-state index in [-0.39, 0.29) is 17.9 Å². The molecule has 0 radical (unpaired) electrons. The quantitative estimate of drug-likeness (QED) is 0.931. The second-order valence-corrected chi connectivity index (χ2v) is 4.47. The van der Waals surface area contributed by atoms with Gasteiger partial charge in [0.15, 0.2) is 11.6 Å². The number of pyridine rings is 1. The Kier molecular flexibility index (Phi) is 3.85. The summed E-state index contributed by atoms with van der Waals surface area (Å²) >= 11 is 0. The van der Waals surface area contributed by atoms with Gasteiger partial charge in [-0.25, -0.2) is 4.39 Å². The molecule has 0 fully saturated rings. The third-order valence-electron chi connectivity index (χ3n) is 3.10. The second-order valence-electron chi connectivity index (χ2n) is 4.47. The maximum atomic E-state index is 13.7. The Labute approximate surface area is 116 Å². The standard InChI is InChI=1S/C15H14FN3O/c1-9-7-19-13(10(2)15(9)18)8-20-14-4-3-11(6-17)5-12(14)16/h3-5,7H,8H2,1-2H3,(H2,18,19). The van der Waals surface area contributed by atoms with Gasteiger partial charge in [-0.3, -0.25) is 4.98 Å². The number of aromatic nitrogens is 1. The van der Waals surface area contributed by atoms with Gasteiger partial charge < -0.3 is 10.5 Å². The molecule has 0 aliphatic heterocycles. The van der Waals surface area contributed by atoms with Crippen molar-refractivity contribution in [2.24, 2.45) is 0 Å². The molecule has 0 unspecified atom stereocenters. The lowest BCUT2D eigenvalue weighted by Gasteiger charge is -2.11. The number of benzene rings is 1. The third-order valence-corrected chi connectivity index (χ3v) is 3.10. The molecule has 2 N–H and O–H groups in total. The zero-order valence-corrected chi connectivity index (χ0v) is 11.3. The van der Waals surface area contributed by atoms with E-state index in [1.54, 1.807) is 6.20 Å². The number of nitrogens with zero attached hydrogens (tertiary/aromatic N) is 2. The Morgan fingerprint density at radius 1 is 1.40 bits per heavy atom. The van der Waals surface area contributed by atoms with Gasteiger partial charge in [0, 0.05) is 11.9 Å². The molecule has 2 rings (SSSR count). The van der Waals surface area contributed by atoms with E-state index in [9.17, 15) is 4.39 Å². The van der Waals surface area contributed by atoms with Crippen molar-refractivity contribution in [3.05, 3.63) is 52.6 Å². The molecule has 0 saturated heterocycles. The van der Waals surface area contributed by atoms with E-state index in [1.807, 2.05) is 19.9 Å². The molecule has 0 amide bonds. The summed E-state index contributed by atoms with van der Waals surface area (Å²) < 4.78 is 19.1. The average molecular weight is 271 g/mol. The number of hydrogen-bond donors (Lipinski definition) is 1. The van der Waals surface area contributed by atoms with E-state index in [4.69, 9.17) is 15.7 Å². The zero-order chi connectivity index (χ0) is 14.7. The van der Waals surface area contributed by atoms with Gasteiger partial charge in [0.05, 0.1) is 17.3 Å². The van der Waals surface area contributed by atoms with Crippen molar-refractivity contribution >= 4 is 5.69 Å². The Morgan fingerprint density at radius 3 is 2.80 bits per heavy atom. The first-order chi connectivity index (χ1) is 9.52. The summed E-state index contributed by atoms with van der Waals surface area (Å²) in [6.07, 6.45) is 1.66. The van der Waals surface area contributed by atoms with Crippen LogP contribution in [0, 0.1) is 31.0 Å². The average Bonchev–Trinajstić information content (AvgIpc) is 2.45. The van der Waals surface area contributed by atoms with E-state index in [1.165, 1.54) is 12.1 Å². The summed E-state index contributed by atoms with van der Waals surface area (Å²) in [7, 11) is 0. The molecule has 0 bridgehead atoms. The largest absolute Gasteiger partial charge is 0.484 e. The molecule has 0 aliphatic rings. The van der Waals surface area contributed by atoms with E-state index >= 15 is 0 Å². The molecule has 0 atom stereocenters. The molecular weight excluding hydrogens is 257 g/mol. The maximum absolute atomic E-state index is 13.7. The van der Waals surface area contributed by atoms with Crippen LogP contribution < -0.4 is 10.5 Å². The maximum Gasteiger partial charge on any atom is 0.166 e. The van der Waals surface area contributed by atoms with Crippen LogP contribution in [-0.2, 0) is 6.61 Å². The monoisotopic (exact) mass is 271 g/mol. The number of hydrogen-bond acceptors (Lipinski definition) is 4. The normalized spacial score (nSPS) is 10.1. The summed E-state index contributed by atoms with van der Waals surface area (Å²) in [5.74, 6) is -0.480. The Bertz CT molecular complexity index is 692. The first kappa shape index (κ1) is 13.8. The van der Waals surface area contributed by atoms with Crippen molar-refractivity contribution in [3.63, 3.8) is 0 Å². The number of nitriles is 1. The molecule has 20 heavy (non-hydrogen) atoms. The fourth-order valence-electron chi connectivity index (χ4n) is 1.77. The smallest absolute Gasteiger partial charge is 0.166 e. The van der Waals surface area contributed by atoms with Crippen molar-refractivity contribution in [2.45, 2.75) is 20.5 Å². The highest BCUT2D eigenvalue weighted by Gasteiger charge is 2.09. The molecule has 102 valence electrons. The van der Waals surface area contributed by atoms with Crippen LogP contribution in [-0.4, -0.2) is 4.98 Å². The van der Waals surface area contributed by atoms with Gasteiger partial charge in [0.1, 0.15) is 6.61 Å². The number of ether oxygens (including phenoxy) is 1. The summed E-state index contributed by atoms with van der Waals surface area (Å²) in [5, 5.41) is 8.67. The highest BCUT2D eigenvalue weighted by Crippen LogP contribution is 2.22. The lowest BCUT2D eigenvalue weighted by Crippen LogP contribution is -2.06. The van der Waals surface area contributed by atoms with E-state index in [2.05, 4.69) is 4.98 Å². The van der Waals surface area contributed by atoms with Gasteiger partial charge in [-0.15, -0.1) is 0 Å². The highest BCUT2D eigenvalue weighted by atomic mass is 19.1. The summed E-state index contributed by atoms with van der Waals surface area (Å²) in [4.78, 5) is 4.24.